The van der Waals surface area contributed by atoms with Crippen molar-refractivity contribution in [2.75, 3.05) is 18.4 Å². The number of ketones is 1. The van der Waals surface area contributed by atoms with Crippen LogP contribution in [-0.4, -0.2) is 50.2 Å². The van der Waals surface area contributed by atoms with Gasteiger partial charge in [-0.2, -0.15) is 0 Å². The third-order valence-electron chi connectivity index (χ3n) is 5.67. The van der Waals surface area contributed by atoms with Gasteiger partial charge in [-0.3, -0.25) is 24.3 Å². The fourth-order valence-electron chi connectivity index (χ4n) is 3.85. The first kappa shape index (κ1) is 20.5. The van der Waals surface area contributed by atoms with Crippen LogP contribution in [0.15, 0.2) is 41.3 Å². The summed E-state index contributed by atoms with van der Waals surface area (Å²) in [6.45, 7) is 4.27. The number of fused-ring (bicyclic) bond motifs is 1. The molecule has 2 aromatic heterocycles. The van der Waals surface area contributed by atoms with Gasteiger partial charge in [-0.15, -0.1) is 0 Å². The molecule has 0 saturated carbocycles. The lowest BCUT2D eigenvalue weighted by Crippen LogP contribution is -2.36. The summed E-state index contributed by atoms with van der Waals surface area (Å²) in [5.74, 6) is -0.370. The largest absolute Gasteiger partial charge is 0.343 e. The predicted octanol–water partition coefficient (Wildman–Crippen LogP) is 2.20. The van der Waals surface area contributed by atoms with Crippen molar-refractivity contribution >= 4 is 28.9 Å². The van der Waals surface area contributed by atoms with Gasteiger partial charge >= 0.3 is 0 Å². The monoisotopic (exact) mass is 421 g/mol. The van der Waals surface area contributed by atoms with Crippen LogP contribution in [-0.2, 0) is 4.79 Å². The number of aromatic nitrogens is 3. The molecule has 1 aromatic carbocycles. The molecule has 0 radical (unpaired) electrons. The average molecular weight is 421 g/mol. The number of aromatic amines is 1. The molecule has 9 heteroatoms. The van der Waals surface area contributed by atoms with Gasteiger partial charge in [0.25, 0.3) is 11.5 Å². The third kappa shape index (κ3) is 4.11. The summed E-state index contributed by atoms with van der Waals surface area (Å²) < 4.78 is 1.24. The third-order valence-corrected chi connectivity index (χ3v) is 5.67. The topological polar surface area (TPSA) is 117 Å². The summed E-state index contributed by atoms with van der Waals surface area (Å²) in [6.07, 6.45) is 2.89. The number of nitrogens with one attached hydrogen (secondary N) is 2. The van der Waals surface area contributed by atoms with Gasteiger partial charge in [-0.25, -0.2) is 9.50 Å². The fraction of sp³-hybridized carbons (Fsp3) is 0.318. The summed E-state index contributed by atoms with van der Waals surface area (Å²) in [4.78, 5) is 54.8. The molecule has 0 aliphatic carbocycles. The van der Waals surface area contributed by atoms with Gasteiger partial charge in [-0.05, 0) is 44.0 Å². The number of nitrogens with zero attached hydrogens (tertiary/aromatic N) is 3. The number of hydrogen-bond donors (Lipinski definition) is 2. The zero-order valence-corrected chi connectivity index (χ0v) is 17.3. The number of hydrogen-bond acceptors (Lipinski definition) is 5. The predicted molar refractivity (Wildman–Crippen MR) is 114 cm³/mol. The first-order valence-electron chi connectivity index (χ1n) is 10.1. The standard InChI is InChI=1S/C22H23N5O4/c1-13(28)15-3-5-17(6-4-15)24-22(31)18-12-23-27-20(30)11-19(25-21(18)27)16-7-9-26(10-8-16)14(2)29/h3-6,11-12,16,23H,7-10H2,1-2H3,(H,24,31). The quantitative estimate of drug-likeness (QED) is 0.627. The maximum atomic E-state index is 12.8. The van der Waals surface area contributed by atoms with Gasteiger partial charge in [0, 0.05) is 49.4 Å². The number of Topliss-reactive ketones (excluding diaryl/α,β-unsaturated/α-hetero) is 1. The Kier molecular flexibility index (Phi) is 5.41. The fourth-order valence-corrected chi connectivity index (χ4v) is 3.85. The number of piperidine rings is 1. The molecule has 1 fully saturated rings. The Morgan fingerprint density at radius 2 is 1.77 bits per heavy atom. The number of anilines is 1. The molecule has 9 nitrogen and oxygen atoms in total. The van der Waals surface area contributed by atoms with Gasteiger partial charge in [0.05, 0.1) is 5.69 Å². The molecular formula is C22H23N5O4. The Balaban J connectivity index is 1.59. The molecule has 1 aliphatic heterocycles. The van der Waals surface area contributed by atoms with Crippen LogP contribution in [0.1, 0.15) is 59.0 Å². The van der Waals surface area contributed by atoms with E-state index in [0.29, 0.717) is 30.0 Å². The minimum absolute atomic E-state index is 0.0443. The van der Waals surface area contributed by atoms with E-state index < -0.39 is 5.91 Å². The van der Waals surface area contributed by atoms with E-state index in [4.69, 9.17) is 0 Å². The van der Waals surface area contributed by atoms with Gasteiger partial charge in [0.15, 0.2) is 11.4 Å². The number of carbonyl (C=O) groups excluding carboxylic acids is 3. The van der Waals surface area contributed by atoms with Crippen molar-refractivity contribution in [3.05, 3.63) is 63.7 Å². The number of likely N-dealkylation sites (tertiary alicyclic amines) is 1. The zero-order chi connectivity index (χ0) is 22.1. The van der Waals surface area contributed by atoms with Gasteiger partial charge in [-0.1, -0.05) is 0 Å². The minimum Gasteiger partial charge on any atom is -0.343 e. The minimum atomic E-state index is -0.412. The van der Waals surface area contributed by atoms with E-state index in [-0.39, 0.29) is 34.4 Å². The van der Waals surface area contributed by atoms with Crippen LogP contribution in [0.25, 0.3) is 5.65 Å². The SMILES string of the molecule is CC(=O)c1ccc(NC(=O)c2c[nH]n3c(=O)cc(C4CCN(C(C)=O)CC4)nc23)cc1. The maximum Gasteiger partial charge on any atom is 0.272 e. The van der Waals surface area contributed by atoms with Crippen molar-refractivity contribution in [1.82, 2.24) is 19.5 Å². The summed E-state index contributed by atoms with van der Waals surface area (Å²) >= 11 is 0. The van der Waals surface area contributed by atoms with E-state index in [2.05, 4.69) is 15.4 Å². The van der Waals surface area contributed by atoms with Crippen molar-refractivity contribution in [3.8, 4) is 0 Å². The Bertz CT molecular complexity index is 1220. The Morgan fingerprint density at radius 1 is 1.10 bits per heavy atom. The average Bonchev–Trinajstić information content (AvgIpc) is 3.19. The molecule has 1 saturated heterocycles. The molecule has 31 heavy (non-hydrogen) atoms. The highest BCUT2D eigenvalue weighted by Crippen LogP contribution is 2.26. The van der Waals surface area contributed by atoms with Crippen LogP contribution in [0, 0.1) is 0 Å². The summed E-state index contributed by atoms with van der Waals surface area (Å²) in [6, 6.07) is 8.07. The number of H-pyrrole nitrogens is 1. The number of carbonyl (C=O) groups is 3. The molecule has 0 atom stereocenters. The second-order valence-corrected chi connectivity index (χ2v) is 7.73. The number of rotatable bonds is 4. The van der Waals surface area contributed by atoms with Gasteiger partial charge < -0.3 is 10.2 Å². The van der Waals surface area contributed by atoms with Crippen molar-refractivity contribution in [3.63, 3.8) is 0 Å². The van der Waals surface area contributed by atoms with E-state index in [1.54, 1.807) is 36.1 Å². The van der Waals surface area contributed by atoms with Crippen LogP contribution in [0.3, 0.4) is 0 Å². The number of amides is 2. The van der Waals surface area contributed by atoms with Crippen LogP contribution in [0.2, 0.25) is 0 Å². The molecule has 4 rings (SSSR count). The molecule has 1 aliphatic rings. The summed E-state index contributed by atoms with van der Waals surface area (Å²) in [5, 5.41) is 5.55. The van der Waals surface area contributed by atoms with Gasteiger partial charge in [0.1, 0.15) is 5.56 Å². The smallest absolute Gasteiger partial charge is 0.272 e. The van der Waals surface area contributed by atoms with Crippen LogP contribution < -0.4 is 10.9 Å². The highest BCUT2D eigenvalue weighted by atomic mass is 16.2. The van der Waals surface area contributed by atoms with Crippen molar-refractivity contribution in [2.45, 2.75) is 32.6 Å². The molecule has 3 heterocycles. The summed E-state index contributed by atoms with van der Waals surface area (Å²) in [7, 11) is 0. The van der Waals surface area contributed by atoms with E-state index in [1.807, 2.05) is 0 Å². The molecule has 2 N–H and O–H groups in total. The Hall–Kier alpha value is -3.75. The summed E-state index contributed by atoms with van der Waals surface area (Å²) in [5.41, 5.74) is 1.93. The highest BCUT2D eigenvalue weighted by molar-refractivity contribution is 6.08. The lowest BCUT2D eigenvalue weighted by atomic mass is 9.93. The highest BCUT2D eigenvalue weighted by Gasteiger charge is 2.25. The maximum absolute atomic E-state index is 12.8. The molecule has 160 valence electrons. The van der Waals surface area contributed by atoms with Crippen molar-refractivity contribution < 1.29 is 14.4 Å². The molecule has 0 unspecified atom stereocenters. The Morgan fingerprint density at radius 3 is 2.39 bits per heavy atom. The van der Waals surface area contributed by atoms with Gasteiger partial charge in [0.2, 0.25) is 5.91 Å². The zero-order valence-electron chi connectivity index (χ0n) is 17.3. The molecule has 0 spiro atoms. The normalized spacial score (nSPS) is 14.6. The second kappa shape index (κ2) is 8.17. The first-order chi connectivity index (χ1) is 14.8. The van der Waals surface area contributed by atoms with E-state index >= 15 is 0 Å². The second-order valence-electron chi connectivity index (χ2n) is 7.73. The van der Waals surface area contributed by atoms with E-state index in [0.717, 1.165) is 12.8 Å². The van der Waals surface area contributed by atoms with E-state index in [1.165, 1.54) is 23.7 Å². The lowest BCUT2D eigenvalue weighted by molar-refractivity contribution is -0.129. The Labute approximate surface area is 178 Å². The van der Waals surface area contributed by atoms with Crippen molar-refractivity contribution in [2.24, 2.45) is 0 Å². The van der Waals surface area contributed by atoms with Crippen LogP contribution >= 0.6 is 0 Å². The van der Waals surface area contributed by atoms with E-state index in [9.17, 15) is 19.2 Å². The van der Waals surface area contributed by atoms with Crippen LogP contribution in [0.5, 0.6) is 0 Å². The lowest BCUT2D eigenvalue weighted by Gasteiger charge is -2.30. The molecule has 2 amide bonds. The molecular weight excluding hydrogens is 398 g/mol. The van der Waals surface area contributed by atoms with Crippen LogP contribution in [0.4, 0.5) is 5.69 Å². The first-order valence-corrected chi connectivity index (χ1v) is 10.1. The number of benzene rings is 1. The molecule has 0 bridgehead atoms. The van der Waals surface area contributed by atoms with Crippen molar-refractivity contribution in [1.29, 1.82) is 0 Å². The molecule has 3 aromatic rings.